The molecule has 1 fully saturated rings. The first-order valence-corrected chi connectivity index (χ1v) is 7.42. The number of furan rings is 1. The molecule has 0 saturated carbocycles. The van der Waals surface area contributed by atoms with E-state index in [9.17, 15) is 4.79 Å². The number of hydrogen-bond donors (Lipinski definition) is 1. The van der Waals surface area contributed by atoms with Crippen molar-refractivity contribution in [2.24, 2.45) is 11.1 Å². The van der Waals surface area contributed by atoms with Crippen molar-refractivity contribution in [3.63, 3.8) is 0 Å². The molecule has 0 radical (unpaired) electrons. The summed E-state index contributed by atoms with van der Waals surface area (Å²) in [6.07, 6.45) is 0.831. The molecule has 5 heteroatoms. The molecule has 1 aromatic carbocycles. The standard InChI is InChI=1S/C17H22N2O2.ClH/c1-11-5-4-6-12-9-13(21-15(11)12)16(20)19-8-7-14(18)17(2,3)10-19;/h4-6,9,14H,7-8,10,18H2,1-3H3;1H. The molecular weight excluding hydrogens is 300 g/mol. The third kappa shape index (κ3) is 2.85. The van der Waals surface area contributed by atoms with Crippen molar-refractivity contribution >= 4 is 29.3 Å². The van der Waals surface area contributed by atoms with Gasteiger partial charge in [0.1, 0.15) is 5.58 Å². The fourth-order valence-electron chi connectivity index (χ4n) is 3.02. The number of likely N-dealkylation sites (tertiary alicyclic amines) is 1. The molecule has 2 N–H and O–H groups in total. The van der Waals surface area contributed by atoms with Crippen LogP contribution in [0.2, 0.25) is 0 Å². The molecule has 22 heavy (non-hydrogen) atoms. The maximum atomic E-state index is 12.7. The molecular formula is C17H23ClN2O2. The zero-order valence-electron chi connectivity index (χ0n) is 13.3. The summed E-state index contributed by atoms with van der Waals surface area (Å²) >= 11 is 0. The van der Waals surface area contributed by atoms with Crippen LogP contribution in [0.15, 0.2) is 28.7 Å². The van der Waals surface area contributed by atoms with Gasteiger partial charge in [-0.2, -0.15) is 0 Å². The number of nitrogens with two attached hydrogens (primary N) is 1. The summed E-state index contributed by atoms with van der Waals surface area (Å²) in [6, 6.07) is 7.91. The highest BCUT2D eigenvalue weighted by Crippen LogP contribution is 2.30. The summed E-state index contributed by atoms with van der Waals surface area (Å²) in [4.78, 5) is 14.5. The van der Waals surface area contributed by atoms with Crippen LogP contribution in [-0.4, -0.2) is 29.9 Å². The van der Waals surface area contributed by atoms with Crippen LogP contribution in [0.25, 0.3) is 11.0 Å². The topological polar surface area (TPSA) is 59.5 Å². The van der Waals surface area contributed by atoms with Gasteiger partial charge in [-0.25, -0.2) is 0 Å². The predicted octanol–water partition coefficient (Wildman–Crippen LogP) is 3.36. The van der Waals surface area contributed by atoms with Gasteiger partial charge in [-0.05, 0) is 30.4 Å². The first-order chi connectivity index (χ1) is 9.88. The van der Waals surface area contributed by atoms with E-state index in [1.165, 1.54) is 0 Å². The summed E-state index contributed by atoms with van der Waals surface area (Å²) in [5.74, 6) is 0.385. The lowest BCUT2D eigenvalue weighted by Crippen LogP contribution is -2.53. The monoisotopic (exact) mass is 322 g/mol. The molecule has 1 unspecified atom stereocenters. The Morgan fingerprint density at radius 1 is 1.41 bits per heavy atom. The van der Waals surface area contributed by atoms with Crippen molar-refractivity contribution in [3.8, 4) is 0 Å². The van der Waals surface area contributed by atoms with E-state index in [4.69, 9.17) is 10.2 Å². The number of carbonyl (C=O) groups is 1. The summed E-state index contributed by atoms with van der Waals surface area (Å²) in [5, 5.41) is 0.978. The molecule has 3 rings (SSSR count). The number of para-hydroxylation sites is 1. The van der Waals surface area contributed by atoms with Crippen molar-refractivity contribution in [1.82, 2.24) is 4.90 Å². The maximum absolute atomic E-state index is 12.7. The molecule has 2 heterocycles. The smallest absolute Gasteiger partial charge is 0.289 e. The molecule has 0 bridgehead atoms. The Morgan fingerprint density at radius 3 is 2.77 bits per heavy atom. The quantitative estimate of drug-likeness (QED) is 0.875. The van der Waals surface area contributed by atoms with Gasteiger partial charge in [-0.3, -0.25) is 4.79 Å². The van der Waals surface area contributed by atoms with Crippen LogP contribution in [-0.2, 0) is 0 Å². The highest BCUT2D eigenvalue weighted by molar-refractivity contribution is 5.96. The lowest BCUT2D eigenvalue weighted by Gasteiger charge is -2.42. The lowest BCUT2D eigenvalue weighted by molar-refractivity contribution is 0.0505. The number of halogens is 1. The molecule has 1 amide bonds. The first kappa shape index (κ1) is 16.8. The Balaban J connectivity index is 0.00000176. The van der Waals surface area contributed by atoms with Gasteiger partial charge < -0.3 is 15.1 Å². The average molecular weight is 323 g/mol. The molecule has 1 aliphatic heterocycles. The van der Waals surface area contributed by atoms with E-state index < -0.39 is 0 Å². The number of carbonyl (C=O) groups excluding carboxylic acids is 1. The molecule has 1 atom stereocenters. The first-order valence-electron chi connectivity index (χ1n) is 7.42. The Bertz CT molecular complexity index is 693. The lowest BCUT2D eigenvalue weighted by atomic mass is 9.79. The number of hydrogen-bond acceptors (Lipinski definition) is 3. The zero-order chi connectivity index (χ0) is 15.2. The maximum Gasteiger partial charge on any atom is 0.289 e. The number of aryl methyl sites for hydroxylation is 1. The molecule has 0 spiro atoms. The second kappa shape index (κ2) is 5.94. The highest BCUT2D eigenvalue weighted by Gasteiger charge is 2.36. The van der Waals surface area contributed by atoms with E-state index in [1.54, 1.807) is 0 Å². The number of amides is 1. The van der Waals surface area contributed by atoms with Crippen molar-refractivity contribution in [1.29, 1.82) is 0 Å². The number of rotatable bonds is 1. The van der Waals surface area contributed by atoms with Gasteiger partial charge in [0.15, 0.2) is 5.76 Å². The second-order valence-corrected chi connectivity index (χ2v) is 6.71. The van der Waals surface area contributed by atoms with Gasteiger partial charge in [0.05, 0.1) is 0 Å². The van der Waals surface area contributed by atoms with Gasteiger partial charge >= 0.3 is 0 Å². The van der Waals surface area contributed by atoms with E-state index in [0.717, 1.165) is 23.0 Å². The van der Waals surface area contributed by atoms with E-state index in [0.29, 0.717) is 18.8 Å². The molecule has 0 aliphatic carbocycles. The minimum Gasteiger partial charge on any atom is -0.451 e. The fraction of sp³-hybridized carbons (Fsp3) is 0.471. The van der Waals surface area contributed by atoms with Crippen molar-refractivity contribution in [2.45, 2.75) is 33.2 Å². The van der Waals surface area contributed by atoms with E-state index in [2.05, 4.69) is 13.8 Å². The average Bonchev–Trinajstić information content (AvgIpc) is 2.86. The number of fused-ring (bicyclic) bond motifs is 1. The normalized spacial score (nSPS) is 20.7. The Labute approximate surface area is 137 Å². The van der Waals surface area contributed by atoms with E-state index >= 15 is 0 Å². The zero-order valence-corrected chi connectivity index (χ0v) is 14.1. The minimum atomic E-state index is -0.0597. The molecule has 120 valence electrons. The Morgan fingerprint density at radius 2 is 2.14 bits per heavy atom. The van der Waals surface area contributed by atoms with Crippen LogP contribution >= 0.6 is 12.4 Å². The minimum absolute atomic E-state index is 0. The van der Waals surface area contributed by atoms with E-state index in [-0.39, 0.29) is 29.8 Å². The van der Waals surface area contributed by atoms with Gasteiger partial charge in [-0.15, -0.1) is 12.4 Å². The molecule has 1 saturated heterocycles. The van der Waals surface area contributed by atoms with Gasteiger partial charge in [0.25, 0.3) is 5.91 Å². The van der Waals surface area contributed by atoms with Gasteiger partial charge in [-0.1, -0.05) is 32.0 Å². The summed E-state index contributed by atoms with van der Waals surface area (Å²) < 4.78 is 5.79. The van der Waals surface area contributed by atoms with Crippen molar-refractivity contribution in [2.75, 3.05) is 13.1 Å². The van der Waals surface area contributed by atoms with Crippen LogP contribution in [0.4, 0.5) is 0 Å². The van der Waals surface area contributed by atoms with Gasteiger partial charge in [0, 0.05) is 24.5 Å². The van der Waals surface area contributed by atoms with Crippen LogP contribution in [0, 0.1) is 12.3 Å². The molecule has 2 aromatic rings. The largest absolute Gasteiger partial charge is 0.451 e. The Kier molecular flexibility index (Phi) is 4.54. The number of nitrogens with zero attached hydrogens (tertiary/aromatic N) is 1. The summed E-state index contributed by atoms with van der Waals surface area (Å²) in [5.41, 5.74) is 7.92. The van der Waals surface area contributed by atoms with Crippen LogP contribution < -0.4 is 5.73 Å². The van der Waals surface area contributed by atoms with Crippen LogP contribution in [0.1, 0.15) is 36.4 Å². The highest BCUT2D eigenvalue weighted by atomic mass is 35.5. The van der Waals surface area contributed by atoms with Crippen LogP contribution in [0.5, 0.6) is 0 Å². The molecule has 4 nitrogen and oxygen atoms in total. The Hall–Kier alpha value is -1.52. The third-order valence-electron chi connectivity index (χ3n) is 4.55. The van der Waals surface area contributed by atoms with Crippen LogP contribution in [0.3, 0.4) is 0 Å². The summed E-state index contributed by atoms with van der Waals surface area (Å²) in [7, 11) is 0. The molecule has 1 aromatic heterocycles. The number of piperidine rings is 1. The van der Waals surface area contributed by atoms with Crippen molar-refractivity contribution in [3.05, 3.63) is 35.6 Å². The third-order valence-corrected chi connectivity index (χ3v) is 4.55. The fourth-order valence-corrected chi connectivity index (χ4v) is 3.02. The predicted molar refractivity (Wildman–Crippen MR) is 90.5 cm³/mol. The molecule has 1 aliphatic rings. The SMILES string of the molecule is Cc1cccc2cc(C(=O)N3CCC(N)C(C)(C)C3)oc12.Cl. The van der Waals surface area contributed by atoms with Gasteiger partial charge in [0.2, 0.25) is 0 Å². The summed E-state index contributed by atoms with van der Waals surface area (Å²) in [6.45, 7) is 7.57. The second-order valence-electron chi connectivity index (χ2n) is 6.71. The van der Waals surface area contributed by atoms with Crippen molar-refractivity contribution < 1.29 is 9.21 Å². The van der Waals surface area contributed by atoms with E-state index in [1.807, 2.05) is 36.1 Å². The number of benzene rings is 1.